The fourth-order valence-corrected chi connectivity index (χ4v) is 7.37. The van der Waals surface area contributed by atoms with Crippen LogP contribution in [-0.4, -0.2) is 39.0 Å². The summed E-state index contributed by atoms with van der Waals surface area (Å²) in [7, 11) is 3.44. The molecule has 0 aliphatic heterocycles. The van der Waals surface area contributed by atoms with Crippen molar-refractivity contribution in [3.8, 4) is 0 Å². The first-order valence-corrected chi connectivity index (χ1v) is 11.1. The average Bonchev–Trinajstić information content (AvgIpc) is 3.11. The molecule has 0 radical (unpaired) electrons. The van der Waals surface area contributed by atoms with Crippen LogP contribution in [0.4, 0.5) is 4.39 Å². The average molecular weight is 411 g/mol. The second-order valence-corrected chi connectivity index (χ2v) is 10.3. The van der Waals surface area contributed by atoms with Gasteiger partial charge in [0.05, 0.1) is 18.5 Å². The Morgan fingerprint density at radius 2 is 1.86 bits per heavy atom. The van der Waals surface area contributed by atoms with Gasteiger partial charge in [-0.1, -0.05) is 33.8 Å². The normalized spacial score (nSPS) is 47.8. The molecule has 8 atom stereocenters. The van der Waals surface area contributed by atoms with Crippen molar-refractivity contribution in [3.63, 3.8) is 0 Å². The zero-order chi connectivity index (χ0) is 21.4. The van der Waals surface area contributed by atoms with E-state index in [9.17, 15) is 9.18 Å². The van der Waals surface area contributed by atoms with Crippen molar-refractivity contribution in [2.24, 2.45) is 34.0 Å². The Labute approximate surface area is 175 Å². The van der Waals surface area contributed by atoms with E-state index in [2.05, 4.69) is 20.8 Å². The third kappa shape index (κ3) is 3.41. The van der Waals surface area contributed by atoms with Gasteiger partial charge in [-0.2, -0.15) is 0 Å². The number of hydrogen-bond donors (Lipinski definition) is 0. The summed E-state index contributed by atoms with van der Waals surface area (Å²) in [5, 5.41) is 0. The molecule has 2 bridgehead atoms. The highest BCUT2D eigenvalue weighted by atomic mass is 19.1. The first-order valence-electron chi connectivity index (χ1n) is 11.1. The van der Waals surface area contributed by atoms with Crippen LogP contribution in [0.5, 0.6) is 0 Å². The maximum absolute atomic E-state index is 13.9. The van der Waals surface area contributed by atoms with Gasteiger partial charge in [-0.15, -0.1) is 0 Å². The molecule has 0 aromatic carbocycles. The number of Topliss-reactive ketones (excluding diaryl/α,β-unsaturated/α-hetero) is 1. The molecule has 0 saturated heterocycles. The Morgan fingerprint density at radius 3 is 2.48 bits per heavy atom. The van der Waals surface area contributed by atoms with Gasteiger partial charge in [0.25, 0.3) is 0 Å². The summed E-state index contributed by atoms with van der Waals surface area (Å²) in [5.74, 6) is 0.895. The van der Waals surface area contributed by atoms with Crippen molar-refractivity contribution >= 4 is 5.78 Å². The van der Waals surface area contributed by atoms with Crippen LogP contribution in [0, 0.1) is 34.0 Å². The van der Waals surface area contributed by atoms with E-state index >= 15 is 0 Å². The summed E-state index contributed by atoms with van der Waals surface area (Å²) in [6, 6.07) is 0. The minimum atomic E-state index is -0.651. The Hall–Kier alpha value is -0.780. The largest absolute Gasteiger partial charge is 0.381 e. The van der Waals surface area contributed by atoms with Gasteiger partial charge in [-0.3, -0.25) is 4.79 Å². The topological polar surface area (TPSA) is 44.8 Å². The van der Waals surface area contributed by atoms with E-state index in [-0.39, 0.29) is 47.4 Å². The van der Waals surface area contributed by atoms with E-state index in [1.165, 1.54) is 6.08 Å². The van der Waals surface area contributed by atoms with Crippen molar-refractivity contribution in [2.45, 2.75) is 78.4 Å². The number of allylic oxidation sites excluding steroid dienone is 1. The molecule has 3 fully saturated rings. The smallest absolute Gasteiger partial charge is 0.146 e. The molecule has 5 heteroatoms. The first kappa shape index (κ1) is 22.9. The summed E-state index contributed by atoms with van der Waals surface area (Å²) in [6.07, 6.45) is 7.16. The maximum atomic E-state index is 13.9. The molecule has 0 N–H and O–H groups in total. The molecule has 0 amide bonds. The van der Waals surface area contributed by atoms with Crippen molar-refractivity contribution < 1.29 is 23.4 Å². The van der Waals surface area contributed by atoms with E-state index in [0.717, 1.165) is 25.7 Å². The van der Waals surface area contributed by atoms with Gasteiger partial charge in [0, 0.05) is 31.0 Å². The van der Waals surface area contributed by atoms with Crippen LogP contribution < -0.4 is 0 Å². The third-order valence-corrected chi connectivity index (χ3v) is 9.19. The molecule has 4 nitrogen and oxygen atoms in total. The van der Waals surface area contributed by atoms with E-state index in [0.29, 0.717) is 25.1 Å². The summed E-state index contributed by atoms with van der Waals surface area (Å²) in [6.45, 7) is 8.99. The molecular weight excluding hydrogens is 371 g/mol. The number of methoxy groups -OCH3 is 2. The lowest BCUT2D eigenvalue weighted by atomic mass is 9.43. The summed E-state index contributed by atoms with van der Waals surface area (Å²) >= 11 is 0. The summed E-state index contributed by atoms with van der Waals surface area (Å²) < 4.78 is 30.6. The molecule has 3 rings (SSSR count). The lowest BCUT2D eigenvalue weighted by molar-refractivity contribution is -0.219. The van der Waals surface area contributed by atoms with E-state index in [1.54, 1.807) is 14.2 Å². The SMILES string of the molecule is COCO[C@@H]1C[C@@](C)(C/C=C/F)C(=O)[C@H](C)C23CC[C@@H](C)[C@]1(C)C2[C@H](OC)CC3. The Kier molecular flexibility index (Phi) is 6.63. The van der Waals surface area contributed by atoms with Crippen LogP contribution in [0.2, 0.25) is 0 Å². The monoisotopic (exact) mass is 410 g/mol. The van der Waals surface area contributed by atoms with Gasteiger partial charge in [0.15, 0.2) is 0 Å². The predicted octanol–water partition coefficient (Wildman–Crippen LogP) is 5.31. The van der Waals surface area contributed by atoms with Gasteiger partial charge >= 0.3 is 0 Å². The van der Waals surface area contributed by atoms with Crippen molar-refractivity contribution in [1.29, 1.82) is 0 Å². The third-order valence-electron chi connectivity index (χ3n) is 9.19. The Morgan fingerprint density at radius 1 is 1.17 bits per heavy atom. The number of hydrogen-bond acceptors (Lipinski definition) is 4. The molecule has 29 heavy (non-hydrogen) atoms. The highest BCUT2D eigenvalue weighted by Gasteiger charge is 2.68. The van der Waals surface area contributed by atoms with Gasteiger partial charge < -0.3 is 14.2 Å². The second-order valence-electron chi connectivity index (χ2n) is 10.3. The second kappa shape index (κ2) is 8.39. The van der Waals surface area contributed by atoms with Crippen LogP contribution in [0.15, 0.2) is 12.4 Å². The van der Waals surface area contributed by atoms with Crippen LogP contribution >= 0.6 is 0 Å². The Balaban J connectivity index is 2.17. The number of ketones is 1. The van der Waals surface area contributed by atoms with Gasteiger partial charge in [0.2, 0.25) is 0 Å². The van der Waals surface area contributed by atoms with E-state index in [1.807, 2.05) is 6.92 Å². The molecule has 166 valence electrons. The molecule has 0 spiro atoms. The van der Waals surface area contributed by atoms with Gasteiger partial charge in [-0.25, -0.2) is 4.39 Å². The zero-order valence-electron chi connectivity index (χ0n) is 19.0. The van der Waals surface area contributed by atoms with Gasteiger partial charge in [0.1, 0.15) is 12.6 Å². The molecular formula is C24H39FO4. The summed E-state index contributed by atoms with van der Waals surface area (Å²) in [5.41, 5.74) is -0.861. The highest BCUT2D eigenvalue weighted by Crippen LogP contribution is 2.68. The van der Waals surface area contributed by atoms with Crippen LogP contribution in [0.3, 0.4) is 0 Å². The molecule has 0 heterocycles. The zero-order valence-corrected chi connectivity index (χ0v) is 19.0. The quantitative estimate of drug-likeness (QED) is 0.557. The minimum Gasteiger partial charge on any atom is -0.381 e. The van der Waals surface area contributed by atoms with Crippen LogP contribution in [0.25, 0.3) is 0 Å². The predicted molar refractivity (Wildman–Crippen MR) is 111 cm³/mol. The van der Waals surface area contributed by atoms with Crippen molar-refractivity contribution in [3.05, 3.63) is 12.4 Å². The fraction of sp³-hybridized carbons (Fsp3) is 0.875. The molecule has 2 unspecified atom stereocenters. The summed E-state index contributed by atoms with van der Waals surface area (Å²) in [4.78, 5) is 13.9. The minimum absolute atomic E-state index is 0.0686. The number of carbonyl (C=O) groups excluding carboxylic acids is 1. The number of carbonyl (C=O) groups is 1. The lowest BCUT2D eigenvalue weighted by Gasteiger charge is -2.62. The molecule has 3 aliphatic rings. The molecule has 0 aromatic rings. The number of ether oxygens (including phenoxy) is 3. The maximum Gasteiger partial charge on any atom is 0.146 e. The van der Waals surface area contributed by atoms with Crippen molar-refractivity contribution in [2.75, 3.05) is 21.0 Å². The lowest BCUT2D eigenvalue weighted by Crippen LogP contribution is -2.62. The van der Waals surface area contributed by atoms with Crippen molar-refractivity contribution in [1.82, 2.24) is 0 Å². The Bertz CT molecular complexity index is 636. The van der Waals surface area contributed by atoms with Gasteiger partial charge in [-0.05, 0) is 55.8 Å². The van der Waals surface area contributed by atoms with E-state index < -0.39 is 5.41 Å². The molecule has 3 aliphatic carbocycles. The number of halogens is 1. The van der Waals surface area contributed by atoms with Crippen LogP contribution in [0.1, 0.15) is 66.2 Å². The van der Waals surface area contributed by atoms with E-state index in [4.69, 9.17) is 14.2 Å². The molecule has 0 aromatic heterocycles. The highest BCUT2D eigenvalue weighted by molar-refractivity contribution is 5.87. The molecule has 3 saturated carbocycles. The standard InChI is InChI=1S/C24H39FO4/c1-16-8-11-24-12-9-18(28-6)20(24)23(16,4)19(29-15-27-5)14-22(3,10-7-13-25)21(26)17(24)2/h7,13,16-20H,8-12,14-15H2,1-6H3/b13-7+/t16-,17+,18-,19-,20?,22-,23+,24?/m1/s1. The fourth-order valence-electron chi connectivity index (χ4n) is 7.37. The number of rotatable bonds is 6. The first-order chi connectivity index (χ1) is 13.7. The van der Waals surface area contributed by atoms with Crippen LogP contribution in [-0.2, 0) is 19.0 Å².